The van der Waals surface area contributed by atoms with Gasteiger partial charge in [-0.15, -0.1) is 0 Å². The van der Waals surface area contributed by atoms with E-state index in [0.29, 0.717) is 0 Å². The molecule has 0 spiro atoms. The van der Waals surface area contributed by atoms with Gasteiger partial charge in [0.25, 0.3) is 10.0 Å². The summed E-state index contributed by atoms with van der Waals surface area (Å²) in [5.41, 5.74) is 2.03. The van der Waals surface area contributed by atoms with Crippen LogP contribution in [-0.4, -0.2) is 13.5 Å². The van der Waals surface area contributed by atoms with Crippen molar-refractivity contribution in [2.24, 2.45) is 0 Å². The molecule has 19 heavy (non-hydrogen) atoms. The number of anilines is 1. The van der Waals surface area contributed by atoms with Gasteiger partial charge in [0.1, 0.15) is 5.75 Å². The van der Waals surface area contributed by atoms with Gasteiger partial charge >= 0.3 is 0 Å². The molecular weight excluding hydrogens is 262 g/mol. The summed E-state index contributed by atoms with van der Waals surface area (Å²) >= 11 is 0. The molecule has 0 amide bonds. The molecule has 4 nitrogen and oxygen atoms in total. The molecular formula is C14H15NO3S. The van der Waals surface area contributed by atoms with Crippen molar-refractivity contribution in [3.8, 4) is 5.75 Å². The largest absolute Gasteiger partial charge is 0.506 e. The van der Waals surface area contributed by atoms with Crippen LogP contribution in [0.15, 0.2) is 47.4 Å². The van der Waals surface area contributed by atoms with Crippen LogP contribution < -0.4 is 4.72 Å². The Kier molecular flexibility index (Phi) is 3.48. The molecule has 0 fully saturated rings. The molecule has 0 aromatic heterocycles. The van der Waals surface area contributed by atoms with Crippen molar-refractivity contribution < 1.29 is 13.5 Å². The van der Waals surface area contributed by atoms with Crippen LogP contribution >= 0.6 is 0 Å². The van der Waals surface area contributed by atoms with Crippen molar-refractivity contribution in [1.82, 2.24) is 0 Å². The van der Waals surface area contributed by atoms with E-state index in [9.17, 15) is 13.5 Å². The fraction of sp³-hybridized carbons (Fsp3) is 0.143. The van der Waals surface area contributed by atoms with Gasteiger partial charge in [-0.25, -0.2) is 8.42 Å². The molecule has 0 radical (unpaired) electrons. The van der Waals surface area contributed by atoms with Gasteiger partial charge in [-0.2, -0.15) is 0 Å². The highest BCUT2D eigenvalue weighted by atomic mass is 32.2. The van der Waals surface area contributed by atoms with Crippen LogP contribution in [0, 0.1) is 13.8 Å². The molecule has 0 bridgehead atoms. The lowest BCUT2D eigenvalue weighted by Crippen LogP contribution is -2.13. The predicted molar refractivity (Wildman–Crippen MR) is 74.8 cm³/mol. The molecule has 0 aliphatic heterocycles. The maximum absolute atomic E-state index is 12.2. The number of aromatic hydroxyl groups is 1. The first-order valence-electron chi connectivity index (χ1n) is 5.77. The van der Waals surface area contributed by atoms with Crippen LogP contribution in [0.3, 0.4) is 0 Å². The number of hydrogen-bond donors (Lipinski definition) is 2. The maximum Gasteiger partial charge on any atom is 0.262 e. The third-order valence-electron chi connectivity index (χ3n) is 2.73. The summed E-state index contributed by atoms with van der Waals surface area (Å²) in [6.07, 6.45) is 0. The number of phenolic OH excluding ortho intramolecular Hbond substituents is 1. The highest BCUT2D eigenvalue weighted by Gasteiger charge is 2.15. The molecule has 2 aromatic rings. The monoisotopic (exact) mass is 277 g/mol. The Morgan fingerprint density at radius 2 is 1.53 bits per heavy atom. The van der Waals surface area contributed by atoms with Gasteiger partial charge in [0.15, 0.2) is 0 Å². The Hall–Kier alpha value is -2.01. The molecule has 0 unspecified atom stereocenters. The summed E-state index contributed by atoms with van der Waals surface area (Å²) < 4.78 is 26.7. The van der Waals surface area contributed by atoms with E-state index in [1.807, 2.05) is 13.8 Å². The van der Waals surface area contributed by atoms with Gasteiger partial charge in [0, 0.05) is 0 Å². The van der Waals surface area contributed by atoms with Gasteiger partial charge in [-0.3, -0.25) is 4.72 Å². The first-order chi connectivity index (χ1) is 8.88. The Bertz CT molecular complexity index is 691. The molecule has 100 valence electrons. The van der Waals surface area contributed by atoms with Gasteiger partial charge < -0.3 is 5.11 Å². The number of rotatable bonds is 3. The lowest BCUT2D eigenvalue weighted by atomic mass is 10.2. The Morgan fingerprint density at radius 3 is 2.16 bits per heavy atom. The van der Waals surface area contributed by atoms with E-state index < -0.39 is 10.0 Å². The van der Waals surface area contributed by atoms with Crippen molar-refractivity contribution in [2.45, 2.75) is 18.7 Å². The summed E-state index contributed by atoms with van der Waals surface area (Å²) in [5.74, 6) is -0.0960. The molecule has 2 aromatic carbocycles. The van der Waals surface area contributed by atoms with E-state index >= 15 is 0 Å². The minimum atomic E-state index is -3.68. The summed E-state index contributed by atoms with van der Waals surface area (Å²) in [7, 11) is -3.68. The second-order valence-electron chi connectivity index (χ2n) is 4.44. The number of benzene rings is 2. The van der Waals surface area contributed by atoms with Crippen molar-refractivity contribution >= 4 is 15.7 Å². The third-order valence-corrected chi connectivity index (χ3v) is 4.11. The standard InChI is InChI=1S/C14H15NO3S/c1-10-3-6-12(7-4-10)19(17,18)15-13-9-11(2)5-8-14(13)16/h3-9,15-16H,1-2H3. The summed E-state index contributed by atoms with van der Waals surface area (Å²) in [6, 6.07) is 11.3. The first-order valence-corrected chi connectivity index (χ1v) is 7.26. The average Bonchev–Trinajstić information content (AvgIpc) is 2.34. The SMILES string of the molecule is Cc1ccc(S(=O)(=O)Nc2cc(C)ccc2O)cc1. The second kappa shape index (κ2) is 4.93. The molecule has 0 aliphatic carbocycles. The number of phenols is 1. The normalized spacial score (nSPS) is 11.3. The minimum Gasteiger partial charge on any atom is -0.506 e. The topological polar surface area (TPSA) is 66.4 Å². The Balaban J connectivity index is 2.36. The fourth-order valence-corrected chi connectivity index (χ4v) is 2.72. The van der Waals surface area contributed by atoms with Crippen molar-refractivity contribution in [3.63, 3.8) is 0 Å². The lowest BCUT2D eigenvalue weighted by molar-refractivity contribution is 0.477. The molecule has 0 saturated heterocycles. The van der Waals surface area contributed by atoms with E-state index in [4.69, 9.17) is 0 Å². The van der Waals surface area contributed by atoms with Crippen molar-refractivity contribution in [1.29, 1.82) is 0 Å². The highest BCUT2D eigenvalue weighted by Crippen LogP contribution is 2.26. The van der Waals surface area contributed by atoms with E-state index in [2.05, 4.69) is 4.72 Å². The zero-order chi connectivity index (χ0) is 14.0. The van der Waals surface area contributed by atoms with Gasteiger partial charge in [0.2, 0.25) is 0 Å². The van der Waals surface area contributed by atoms with Gasteiger partial charge in [-0.1, -0.05) is 23.8 Å². The lowest BCUT2D eigenvalue weighted by Gasteiger charge is -2.10. The van der Waals surface area contributed by atoms with E-state index in [-0.39, 0.29) is 16.3 Å². The van der Waals surface area contributed by atoms with Gasteiger partial charge in [-0.05, 0) is 43.7 Å². The molecule has 5 heteroatoms. The highest BCUT2D eigenvalue weighted by molar-refractivity contribution is 7.92. The average molecular weight is 277 g/mol. The van der Waals surface area contributed by atoms with Crippen LogP contribution in [0.2, 0.25) is 0 Å². The summed E-state index contributed by atoms with van der Waals surface area (Å²) in [4.78, 5) is 0.166. The minimum absolute atomic E-state index is 0.0960. The van der Waals surface area contributed by atoms with Crippen LogP contribution in [0.5, 0.6) is 5.75 Å². The van der Waals surface area contributed by atoms with Crippen LogP contribution in [-0.2, 0) is 10.0 Å². The molecule has 2 rings (SSSR count). The van der Waals surface area contributed by atoms with Crippen LogP contribution in [0.1, 0.15) is 11.1 Å². The summed E-state index contributed by atoms with van der Waals surface area (Å²) in [6.45, 7) is 3.71. The van der Waals surface area contributed by atoms with E-state index in [1.54, 1.807) is 24.3 Å². The Labute approximate surface area is 112 Å². The molecule has 0 heterocycles. The smallest absolute Gasteiger partial charge is 0.262 e. The zero-order valence-electron chi connectivity index (χ0n) is 10.7. The van der Waals surface area contributed by atoms with Crippen molar-refractivity contribution in [2.75, 3.05) is 4.72 Å². The van der Waals surface area contributed by atoms with Crippen molar-refractivity contribution in [3.05, 3.63) is 53.6 Å². The second-order valence-corrected chi connectivity index (χ2v) is 6.12. The third kappa shape index (κ3) is 3.06. The Morgan fingerprint density at radius 1 is 0.947 bits per heavy atom. The van der Waals surface area contributed by atoms with Crippen LogP contribution in [0.25, 0.3) is 0 Å². The van der Waals surface area contributed by atoms with E-state index in [0.717, 1.165) is 11.1 Å². The van der Waals surface area contributed by atoms with E-state index in [1.165, 1.54) is 18.2 Å². The fourth-order valence-electron chi connectivity index (χ4n) is 1.65. The molecule has 2 N–H and O–H groups in total. The van der Waals surface area contributed by atoms with Crippen LogP contribution in [0.4, 0.5) is 5.69 Å². The maximum atomic E-state index is 12.2. The molecule has 0 aliphatic rings. The predicted octanol–water partition coefficient (Wildman–Crippen LogP) is 2.81. The summed E-state index contributed by atoms with van der Waals surface area (Å²) in [5, 5.41) is 9.66. The zero-order valence-corrected chi connectivity index (χ0v) is 11.5. The molecule has 0 saturated carbocycles. The number of aryl methyl sites for hydroxylation is 2. The molecule has 0 atom stereocenters. The number of sulfonamides is 1. The first kappa shape index (κ1) is 13.4. The number of nitrogens with one attached hydrogen (secondary N) is 1. The number of hydrogen-bond acceptors (Lipinski definition) is 3. The van der Waals surface area contributed by atoms with Gasteiger partial charge in [0.05, 0.1) is 10.6 Å². The quantitative estimate of drug-likeness (QED) is 0.848.